The highest BCUT2D eigenvalue weighted by molar-refractivity contribution is 7.26. The molecule has 0 aliphatic carbocycles. The van der Waals surface area contributed by atoms with Gasteiger partial charge in [0.05, 0.1) is 27.8 Å². The number of benzene rings is 9. The molecular weight excluding hydrogens is 685 g/mol. The van der Waals surface area contributed by atoms with E-state index in [9.17, 15) is 0 Å². The molecule has 256 valence electrons. The minimum absolute atomic E-state index is 1.16. The predicted molar refractivity (Wildman–Crippen MR) is 236 cm³/mol. The van der Waals surface area contributed by atoms with Crippen LogP contribution in [-0.2, 0) is 0 Å². The summed E-state index contributed by atoms with van der Waals surface area (Å²) in [6, 6.07) is 71.4. The van der Waals surface area contributed by atoms with E-state index in [1.54, 1.807) is 0 Å². The highest BCUT2D eigenvalue weighted by Crippen LogP contribution is 2.42. The Balaban J connectivity index is 1.02. The average molecular weight is 717 g/mol. The van der Waals surface area contributed by atoms with Gasteiger partial charge in [-0.1, -0.05) is 133 Å². The lowest BCUT2D eigenvalue weighted by atomic mass is 10.0. The van der Waals surface area contributed by atoms with E-state index >= 15 is 0 Å². The molecule has 0 saturated carbocycles. The molecule has 0 saturated heterocycles. The summed E-state index contributed by atoms with van der Waals surface area (Å²) in [6.45, 7) is 0. The van der Waals surface area contributed by atoms with Gasteiger partial charge in [-0.15, -0.1) is 11.3 Å². The van der Waals surface area contributed by atoms with E-state index in [1.165, 1.54) is 102 Å². The summed E-state index contributed by atoms with van der Waals surface area (Å²) in [5.74, 6) is 0. The van der Waals surface area contributed by atoms with Gasteiger partial charge in [-0.05, 0) is 88.3 Å². The number of nitrogens with zero attached hydrogens (tertiary/aromatic N) is 2. The molecule has 3 heterocycles. The molecule has 0 amide bonds. The maximum Gasteiger partial charge on any atom is 0.0541 e. The molecule has 0 atom stereocenters. The third-order valence-corrected chi connectivity index (χ3v) is 12.7. The molecule has 0 spiro atoms. The molecule has 0 aliphatic rings. The van der Waals surface area contributed by atoms with Crippen molar-refractivity contribution in [3.05, 3.63) is 194 Å². The topological polar surface area (TPSA) is 9.86 Å². The molecule has 2 nitrogen and oxygen atoms in total. The molecule has 0 unspecified atom stereocenters. The summed E-state index contributed by atoms with van der Waals surface area (Å²) in [7, 11) is 0. The van der Waals surface area contributed by atoms with Crippen LogP contribution in [0.25, 0.3) is 108 Å². The van der Waals surface area contributed by atoms with E-state index in [0.29, 0.717) is 0 Å². The molecule has 0 N–H and O–H groups in total. The molecule has 0 radical (unpaired) electrons. The second-order valence-electron chi connectivity index (χ2n) is 14.5. The Kier molecular flexibility index (Phi) is 6.54. The molecule has 0 fully saturated rings. The molecule has 0 aliphatic heterocycles. The summed E-state index contributed by atoms with van der Waals surface area (Å²) >= 11 is 1.88. The van der Waals surface area contributed by atoms with Crippen molar-refractivity contribution >= 4 is 85.9 Å². The lowest BCUT2D eigenvalue weighted by Crippen LogP contribution is -1.95. The first-order valence-electron chi connectivity index (χ1n) is 18.8. The average Bonchev–Trinajstić information content (AvgIpc) is 3.91. The van der Waals surface area contributed by atoms with Crippen LogP contribution in [0.2, 0.25) is 0 Å². The smallest absolute Gasteiger partial charge is 0.0541 e. The minimum atomic E-state index is 1.16. The Labute approximate surface area is 321 Å². The molecule has 12 aromatic rings. The van der Waals surface area contributed by atoms with Crippen molar-refractivity contribution in [3.63, 3.8) is 0 Å². The Bertz CT molecular complexity index is 3500. The van der Waals surface area contributed by atoms with Crippen LogP contribution in [-0.4, -0.2) is 9.13 Å². The second kappa shape index (κ2) is 11.8. The molecule has 12 rings (SSSR count). The van der Waals surface area contributed by atoms with Crippen LogP contribution in [0.15, 0.2) is 194 Å². The number of hydrogen-bond acceptors (Lipinski definition) is 1. The van der Waals surface area contributed by atoms with Crippen molar-refractivity contribution < 1.29 is 0 Å². The molecule has 3 heteroatoms. The van der Waals surface area contributed by atoms with E-state index in [2.05, 4.69) is 203 Å². The van der Waals surface area contributed by atoms with Crippen LogP contribution in [0.4, 0.5) is 0 Å². The second-order valence-corrected chi connectivity index (χ2v) is 15.6. The number of hydrogen-bond donors (Lipinski definition) is 0. The van der Waals surface area contributed by atoms with Crippen LogP contribution >= 0.6 is 11.3 Å². The van der Waals surface area contributed by atoms with E-state index in [4.69, 9.17) is 0 Å². The zero-order chi connectivity index (χ0) is 36.0. The zero-order valence-electron chi connectivity index (χ0n) is 29.8. The van der Waals surface area contributed by atoms with Crippen LogP contribution < -0.4 is 0 Å². The quantitative estimate of drug-likeness (QED) is 0.172. The fourth-order valence-corrected chi connectivity index (χ4v) is 10.3. The van der Waals surface area contributed by atoms with E-state index in [-0.39, 0.29) is 0 Å². The summed E-state index contributed by atoms with van der Waals surface area (Å²) in [4.78, 5) is 0. The van der Waals surface area contributed by atoms with Crippen molar-refractivity contribution in [2.24, 2.45) is 0 Å². The number of para-hydroxylation sites is 2. The van der Waals surface area contributed by atoms with Crippen molar-refractivity contribution in [3.8, 4) is 33.6 Å². The number of rotatable bonds is 4. The van der Waals surface area contributed by atoms with Gasteiger partial charge in [0, 0.05) is 52.8 Å². The van der Waals surface area contributed by atoms with Gasteiger partial charge < -0.3 is 9.13 Å². The third-order valence-electron chi connectivity index (χ3n) is 11.5. The summed E-state index contributed by atoms with van der Waals surface area (Å²) < 4.78 is 7.53. The van der Waals surface area contributed by atoms with Gasteiger partial charge in [0.1, 0.15) is 0 Å². The SMILES string of the molecule is c1cc(-c2cccc3c2sc2ccccc23)cc(-n2c3ccccc3c3cc(-c4ccc5c(c4)c4ccccc4n5-c4cccc5ccccc45)ccc32)c1. The van der Waals surface area contributed by atoms with Gasteiger partial charge in [0.15, 0.2) is 0 Å². The van der Waals surface area contributed by atoms with Crippen LogP contribution in [0.3, 0.4) is 0 Å². The molecule has 3 aromatic heterocycles. The highest BCUT2D eigenvalue weighted by atomic mass is 32.1. The zero-order valence-corrected chi connectivity index (χ0v) is 30.6. The summed E-state index contributed by atoms with van der Waals surface area (Å²) in [5, 5.41) is 10.2. The monoisotopic (exact) mass is 716 g/mol. The Hall–Kier alpha value is -6.94. The maximum absolute atomic E-state index is 2.43. The maximum atomic E-state index is 2.43. The first-order valence-corrected chi connectivity index (χ1v) is 19.7. The van der Waals surface area contributed by atoms with E-state index in [0.717, 1.165) is 5.69 Å². The van der Waals surface area contributed by atoms with Crippen LogP contribution in [0.1, 0.15) is 0 Å². The molecule has 55 heavy (non-hydrogen) atoms. The van der Waals surface area contributed by atoms with Gasteiger partial charge >= 0.3 is 0 Å². The fraction of sp³-hybridized carbons (Fsp3) is 0. The van der Waals surface area contributed by atoms with Gasteiger partial charge in [-0.2, -0.15) is 0 Å². The lowest BCUT2D eigenvalue weighted by molar-refractivity contribution is 1.18. The van der Waals surface area contributed by atoms with Gasteiger partial charge in [-0.3, -0.25) is 0 Å². The van der Waals surface area contributed by atoms with Gasteiger partial charge in [-0.25, -0.2) is 0 Å². The van der Waals surface area contributed by atoms with Crippen molar-refractivity contribution in [1.29, 1.82) is 0 Å². The van der Waals surface area contributed by atoms with Crippen molar-refractivity contribution in [1.82, 2.24) is 9.13 Å². The fourth-order valence-electron chi connectivity index (χ4n) is 9.03. The van der Waals surface area contributed by atoms with Crippen LogP contribution in [0.5, 0.6) is 0 Å². The molecule has 0 bridgehead atoms. The summed E-state index contributed by atoms with van der Waals surface area (Å²) in [6.07, 6.45) is 0. The summed E-state index contributed by atoms with van der Waals surface area (Å²) in [5.41, 5.74) is 12.1. The van der Waals surface area contributed by atoms with Crippen molar-refractivity contribution in [2.75, 3.05) is 0 Å². The standard InChI is InChI=1S/C52H32N2S/c1-2-16-38-33(12-1)13-10-24-46(38)54-48-23-7-4-18-41(48)45-32-35(27-29-50(45)54)34-26-28-49-44(31-34)40-17-3-6-22-47(40)53(49)37-15-9-14-36(30-37)39-20-11-21-43-42-19-5-8-25-51(42)55-52(39)43/h1-32H. The Morgan fingerprint density at radius 1 is 0.327 bits per heavy atom. The Morgan fingerprint density at radius 3 is 1.67 bits per heavy atom. The van der Waals surface area contributed by atoms with Crippen LogP contribution in [0, 0.1) is 0 Å². The minimum Gasteiger partial charge on any atom is -0.309 e. The van der Waals surface area contributed by atoms with Gasteiger partial charge in [0.2, 0.25) is 0 Å². The third kappa shape index (κ3) is 4.54. The number of thiophene rings is 1. The van der Waals surface area contributed by atoms with E-state index < -0.39 is 0 Å². The predicted octanol–water partition coefficient (Wildman–Crippen LogP) is 14.7. The molecular formula is C52H32N2S. The first kappa shape index (κ1) is 30.5. The first-order chi connectivity index (χ1) is 27.3. The number of aromatic nitrogens is 2. The number of fused-ring (bicyclic) bond motifs is 10. The van der Waals surface area contributed by atoms with E-state index in [1.807, 2.05) is 11.3 Å². The van der Waals surface area contributed by atoms with Gasteiger partial charge in [0.25, 0.3) is 0 Å². The normalized spacial score (nSPS) is 12.0. The Morgan fingerprint density at radius 2 is 0.891 bits per heavy atom. The molecule has 9 aromatic carbocycles. The van der Waals surface area contributed by atoms with Crippen molar-refractivity contribution in [2.45, 2.75) is 0 Å². The lowest BCUT2D eigenvalue weighted by Gasteiger charge is -2.12. The highest BCUT2D eigenvalue weighted by Gasteiger charge is 2.18. The largest absolute Gasteiger partial charge is 0.309 e.